The summed E-state index contributed by atoms with van der Waals surface area (Å²) >= 11 is 0. The van der Waals surface area contributed by atoms with Crippen molar-refractivity contribution in [2.24, 2.45) is 10.9 Å². The SMILES string of the molecule is CCNC(=NCc1ccon1)NCCCOCC1CCOC1. The molecule has 1 aromatic rings. The highest BCUT2D eigenvalue weighted by Crippen LogP contribution is 2.12. The van der Waals surface area contributed by atoms with Crippen LogP contribution in [0.2, 0.25) is 0 Å². The molecule has 2 heterocycles. The molecule has 124 valence electrons. The minimum Gasteiger partial charge on any atom is -0.381 e. The van der Waals surface area contributed by atoms with Gasteiger partial charge in [-0.05, 0) is 19.8 Å². The van der Waals surface area contributed by atoms with Gasteiger partial charge in [-0.15, -0.1) is 0 Å². The van der Waals surface area contributed by atoms with Gasteiger partial charge in [-0.1, -0.05) is 5.16 Å². The first-order chi connectivity index (χ1) is 10.9. The Balaban J connectivity index is 1.56. The van der Waals surface area contributed by atoms with Crippen LogP contribution in [-0.2, 0) is 16.0 Å². The second kappa shape index (κ2) is 10.2. The van der Waals surface area contributed by atoms with Gasteiger partial charge in [0.25, 0.3) is 0 Å². The van der Waals surface area contributed by atoms with Crippen molar-refractivity contribution < 1.29 is 14.0 Å². The molecule has 0 aromatic carbocycles. The van der Waals surface area contributed by atoms with Crippen molar-refractivity contribution >= 4 is 5.96 Å². The zero-order valence-corrected chi connectivity index (χ0v) is 13.2. The summed E-state index contributed by atoms with van der Waals surface area (Å²) in [5.41, 5.74) is 0.819. The van der Waals surface area contributed by atoms with Gasteiger partial charge in [0.2, 0.25) is 0 Å². The lowest BCUT2D eigenvalue weighted by Gasteiger charge is -2.12. The molecule has 1 unspecified atom stereocenters. The third-order valence-electron chi connectivity index (χ3n) is 3.37. The quantitative estimate of drug-likeness (QED) is 0.405. The van der Waals surface area contributed by atoms with Crippen molar-refractivity contribution in [3.05, 3.63) is 18.0 Å². The van der Waals surface area contributed by atoms with Crippen LogP contribution in [-0.4, -0.2) is 50.6 Å². The van der Waals surface area contributed by atoms with Crippen LogP contribution in [0.3, 0.4) is 0 Å². The third kappa shape index (κ3) is 6.44. The van der Waals surface area contributed by atoms with E-state index in [-0.39, 0.29) is 0 Å². The Morgan fingerprint density at radius 1 is 1.50 bits per heavy atom. The molecule has 1 atom stereocenters. The van der Waals surface area contributed by atoms with E-state index in [0.717, 1.165) is 64.0 Å². The molecule has 0 bridgehead atoms. The highest BCUT2D eigenvalue weighted by molar-refractivity contribution is 5.79. The molecule has 2 N–H and O–H groups in total. The van der Waals surface area contributed by atoms with Crippen LogP contribution < -0.4 is 10.6 Å². The van der Waals surface area contributed by atoms with Gasteiger partial charge in [0.15, 0.2) is 5.96 Å². The van der Waals surface area contributed by atoms with Crippen molar-refractivity contribution in [1.29, 1.82) is 0 Å². The molecule has 0 amide bonds. The van der Waals surface area contributed by atoms with Crippen molar-refractivity contribution in [1.82, 2.24) is 15.8 Å². The van der Waals surface area contributed by atoms with Crippen LogP contribution in [0, 0.1) is 5.92 Å². The number of aromatic nitrogens is 1. The van der Waals surface area contributed by atoms with Gasteiger partial charge < -0.3 is 24.6 Å². The zero-order valence-electron chi connectivity index (χ0n) is 13.2. The van der Waals surface area contributed by atoms with Crippen molar-refractivity contribution in [3.63, 3.8) is 0 Å². The maximum atomic E-state index is 5.68. The van der Waals surface area contributed by atoms with E-state index in [1.54, 1.807) is 6.26 Å². The lowest BCUT2D eigenvalue weighted by molar-refractivity contribution is 0.0888. The summed E-state index contributed by atoms with van der Waals surface area (Å²) in [7, 11) is 0. The molecule has 1 fully saturated rings. The predicted molar refractivity (Wildman–Crippen MR) is 83.7 cm³/mol. The summed E-state index contributed by atoms with van der Waals surface area (Å²) in [6, 6.07) is 1.81. The molecular weight excluding hydrogens is 284 g/mol. The highest BCUT2D eigenvalue weighted by Gasteiger charge is 2.15. The summed E-state index contributed by atoms with van der Waals surface area (Å²) in [6.07, 6.45) is 3.62. The van der Waals surface area contributed by atoms with E-state index in [0.29, 0.717) is 12.5 Å². The number of rotatable bonds is 9. The fraction of sp³-hybridized carbons (Fsp3) is 0.733. The molecule has 1 saturated heterocycles. The Morgan fingerprint density at radius 3 is 3.18 bits per heavy atom. The number of hydrogen-bond acceptors (Lipinski definition) is 5. The van der Waals surface area contributed by atoms with Crippen LogP contribution in [0.1, 0.15) is 25.5 Å². The van der Waals surface area contributed by atoms with Gasteiger partial charge in [-0.3, -0.25) is 0 Å². The van der Waals surface area contributed by atoms with Gasteiger partial charge in [0.05, 0.1) is 19.8 Å². The molecule has 7 heteroatoms. The summed E-state index contributed by atoms with van der Waals surface area (Å²) in [5, 5.41) is 10.3. The number of guanidine groups is 1. The van der Waals surface area contributed by atoms with Crippen molar-refractivity contribution in [3.8, 4) is 0 Å². The summed E-state index contributed by atoms with van der Waals surface area (Å²) in [4.78, 5) is 4.45. The number of aliphatic imine (C=N–C) groups is 1. The highest BCUT2D eigenvalue weighted by atomic mass is 16.5. The molecule has 0 saturated carbocycles. The molecule has 1 aliphatic heterocycles. The minimum absolute atomic E-state index is 0.504. The third-order valence-corrected chi connectivity index (χ3v) is 3.37. The lowest BCUT2D eigenvalue weighted by atomic mass is 10.1. The molecule has 7 nitrogen and oxygen atoms in total. The second-order valence-corrected chi connectivity index (χ2v) is 5.27. The summed E-state index contributed by atoms with van der Waals surface area (Å²) in [5.74, 6) is 1.36. The van der Waals surface area contributed by atoms with Gasteiger partial charge in [0, 0.05) is 38.3 Å². The topological polar surface area (TPSA) is 80.9 Å². The maximum absolute atomic E-state index is 5.68. The lowest BCUT2D eigenvalue weighted by Crippen LogP contribution is -2.38. The van der Waals surface area contributed by atoms with E-state index in [1.807, 2.05) is 13.0 Å². The molecule has 2 rings (SSSR count). The fourth-order valence-corrected chi connectivity index (χ4v) is 2.17. The van der Waals surface area contributed by atoms with Crippen LogP contribution in [0.15, 0.2) is 21.8 Å². The van der Waals surface area contributed by atoms with Crippen LogP contribution >= 0.6 is 0 Å². The van der Waals surface area contributed by atoms with Crippen molar-refractivity contribution in [2.45, 2.75) is 26.3 Å². The molecule has 1 aromatic heterocycles. The van der Waals surface area contributed by atoms with Crippen LogP contribution in [0.25, 0.3) is 0 Å². The van der Waals surface area contributed by atoms with E-state index in [4.69, 9.17) is 14.0 Å². The number of hydrogen-bond donors (Lipinski definition) is 2. The van der Waals surface area contributed by atoms with E-state index < -0.39 is 0 Å². The Bertz CT molecular complexity index is 416. The number of ether oxygens (including phenoxy) is 2. The fourth-order valence-electron chi connectivity index (χ4n) is 2.17. The predicted octanol–water partition coefficient (Wildman–Crippen LogP) is 1.17. The first-order valence-corrected chi connectivity index (χ1v) is 7.95. The largest absolute Gasteiger partial charge is 0.381 e. The summed E-state index contributed by atoms with van der Waals surface area (Å²) in [6.45, 7) is 7.48. The molecule has 0 spiro atoms. The van der Waals surface area contributed by atoms with E-state index in [1.165, 1.54) is 0 Å². The Morgan fingerprint density at radius 2 is 2.45 bits per heavy atom. The second-order valence-electron chi connectivity index (χ2n) is 5.27. The summed E-state index contributed by atoms with van der Waals surface area (Å²) < 4.78 is 15.8. The van der Waals surface area contributed by atoms with Crippen LogP contribution in [0.5, 0.6) is 0 Å². The van der Waals surface area contributed by atoms with E-state index in [9.17, 15) is 0 Å². The molecular formula is C15H26N4O3. The van der Waals surface area contributed by atoms with Gasteiger partial charge in [0.1, 0.15) is 12.0 Å². The standard InChI is InChI=1S/C15H26N4O3/c1-2-16-15(18-10-14-5-9-22-19-14)17-6-3-7-20-11-13-4-8-21-12-13/h5,9,13H,2-4,6-8,10-12H2,1H3,(H2,16,17,18). The first kappa shape index (κ1) is 16.8. The molecule has 0 aliphatic carbocycles. The average Bonchev–Trinajstić information content (AvgIpc) is 3.21. The van der Waals surface area contributed by atoms with E-state index in [2.05, 4.69) is 20.8 Å². The molecule has 0 radical (unpaired) electrons. The van der Waals surface area contributed by atoms with Gasteiger partial charge >= 0.3 is 0 Å². The van der Waals surface area contributed by atoms with E-state index >= 15 is 0 Å². The Kier molecular flexibility index (Phi) is 7.76. The number of nitrogens with one attached hydrogen (secondary N) is 2. The average molecular weight is 310 g/mol. The first-order valence-electron chi connectivity index (χ1n) is 7.95. The maximum Gasteiger partial charge on any atom is 0.191 e. The molecule has 1 aliphatic rings. The number of nitrogens with zero attached hydrogens (tertiary/aromatic N) is 2. The minimum atomic E-state index is 0.504. The Labute approximate surface area is 131 Å². The molecule has 22 heavy (non-hydrogen) atoms. The Hall–Kier alpha value is -1.60. The van der Waals surface area contributed by atoms with Gasteiger partial charge in [-0.2, -0.15) is 0 Å². The van der Waals surface area contributed by atoms with Crippen LogP contribution in [0.4, 0.5) is 0 Å². The monoisotopic (exact) mass is 310 g/mol. The van der Waals surface area contributed by atoms with Gasteiger partial charge in [-0.25, -0.2) is 4.99 Å². The van der Waals surface area contributed by atoms with Crippen molar-refractivity contribution in [2.75, 3.05) is 39.5 Å². The zero-order chi connectivity index (χ0) is 15.5. The normalized spacial score (nSPS) is 18.6. The smallest absolute Gasteiger partial charge is 0.191 e.